The normalized spacial score (nSPS) is 13.6. The molecule has 0 aliphatic carbocycles. The summed E-state index contributed by atoms with van der Waals surface area (Å²) in [5.41, 5.74) is 2.53. The second-order valence-electron chi connectivity index (χ2n) is 4.76. The van der Waals surface area contributed by atoms with Crippen LogP contribution >= 0.6 is 23.2 Å². The molecule has 4 rings (SSSR count). The molecule has 0 amide bonds. The van der Waals surface area contributed by atoms with Gasteiger partial charge in [0.15, 0.2) is 11.5 Å². The largest absolute Gasteiger partial charge is 0.486 e. The first kappa shape index (κ1) is 12.8. The van der Waals surface area contributed by atoms with E-state index in [0.29, 0.717) is 29.1 Å². The zero-order chi connectivity index (χ0) is 14.4. The highest BCUT2D eigenvalue weighted by Gasteiger charge is 2.15. The van der Waals surface area contributed by atoms with Crippen molar-refractivity contribution in [2.75, 3.05) is 13.2 Å². The molecule has 0 atom stereocenters. The number of hydrogen-bond donors (Lipinski definition) is 1. The molecule has 2 aromatic carbocycles. The van der Waals surface area contributed by atoms with Gasteiger partial charge in [0, 0.05) is 27.7 Å². The number of H-pyrrole nitrogens is 1. The molecule has 0 spiro atoms. The molecule has 1 aliphatic rings. The van der Waals surface area contributed by atoms with Gasteiger partial charge in [0.1, 0.15) is 19.0 Å². The van der Waals surface area contributed by atoms with Gasteiger partial charge in [-0.25, -0.2) is 4.98 Å². The van der Waals surface area contributed by atoms with E-state index < -0.39 is 0 Å². The van der Waals surface area contributed by atoms with Crippen molar-refractivity contribution >= 4 is 34.2 Å². The fraction of sp³-hybridized carbons (Fsp3) is 0.133. The Kier molecular flexibility index (Phi) is 2.94. The second kappa shape index (κ2) is 4.83. The van der Waals surface area contributed by atoms with Crippen molar-refractivity contribution in [2.45, 2.75) is 0 Å². The molecular weight excluding hydrogens is 311 g/mol. The quantitative estimate of drug-likeness (QED) is 0.726. The number of nitrogens with zero attached hydrogens (tertiary/aromatic N) is 1. The third-order valence-electron chi connectivity index (χ3n) is 3.28. The van der Waals surface area contributed by atoms with Crippen LogP contribution in [0, 0.1) is 0 Å². The molecule has 0 fully saturated rings. The number of rotatable bonds is 1. The number of fused-ring (bicyclic) bond motifs is 2. The molecule has 4 nitrogen and oxygen atoms in total. The molecule has 0 saturated carbocycles. The third kappa shape index (κ3) is 2.30. The number of aromatic amines is 1. The molecule has 1 aromatic heterocycles. The number of ether oxygens (including phenoxy) is 2. The molecule has 106 valence electrons. The van der Waals surface area contributed by atoms with Crippen LogP contribution in [0.15, 0.2) is 30.3 Å². The number of aromatic nitrogens is 2. The summed E-state index contributed by atoms with van der Waals surface area (Å²) in [5, 5.41) is 1.15. The Bertz CT molecular complexity index is 782. The molecule has 2 heterocycles. The average molecular weight is 321 g/mol. The first-order chi connectivity index (χ1) is 10.2. The Morgan fingerprint density at radius 1 is 0.905 bits per heavy atom. The minimum atomic E-state index is 0.555. The second-order valence-corrected chi connectivity index (χ2v) is 5.63. The molecule has 0 radical (unpaired) electrons. The van der Waals surface area contributed by atoms with Crippen molar-refractivity contribution in [3.63, 3.8) is 0 Å². The predicted molar refractivity (Wildman–Crippen MR) is 82.5 cm³/mol. The molecule has 0 unspecified atom stereocenters. The van der Waals surface area contributed by atoms with Crippen LogP contribution in [0.3, 0.4) is 0 Å². The van der Waals surface area contributed by atoms with Crippen molar-refractivity contribution in [1.29, 1.82) is 0 Å². The van der Waals surface area contributed by atoms with Crippen molar-refractivity contribution in [2.24, 2.45) is 0 Å². The van der Waals surface area contributed by atoms with Gasteiger partial charge in [-0.3, -0.25) is 0 Å². The fourth-order valence-corrected chi connectivity index (χ4v) is 2.90. The van der Waals surface area contributed by atoms with Gasteiger partial charge in [-0.2, -0.15) is 0 Å². The lowest BCUT2D eigenvalue weighted by molar-refractivity contribution is 0.172. The summed E-state index contributed by atoms with van der Waals surface area (Å²) in [5.74, 6) is 2.15. The van der Waals surface area contributed by atoms with Gasteiger partial charge >= 0.3 is 0 Å². The van der Waals surface area contributed by atoms with E-state index in [1.165, 1.54) is 0 Å². The van der Waals surface area contributed by atoms with E-state index in [9.17, 15) is 0 Å². The predicted octanol–water partition coefficient (Wildman–Crippen LogP) is 4.31. The Morgan fingerprint density at radius 2 is 1.57 bits per heavy atom. The van der Waals surface area contributed by atoms with Gasteiger partial charge < -0.3 is 14.5 Å². The number of nitrogens with one attached hydrogen (secondary N) is 1. The molecule has 0 bridgehead atoms. The molecular formula is C15H10Cl2N2O2. The first-order valence-electron chi connectivity index (χ1n) is 6.45. The van der Waals surface area contributed by atoms with Gasteiger partial charge in [-0.1, -0.05) is 23.2 Å². The summed E-state index contributed by atoms with van der Waals surface area (Å²) in [6, 6.07) is 9.09. The van der Waals surface area contributed by atoms with E-state index in [4.69, 9.17) is 32.7 Å². The molecule has 0 saturated heterocycles. The minimum absolute atomic E-state index is 0.555. The maximum atomic E-state index is 6.04. The van der Waals surface area contributed by atoms with Crippen LogP contribution in [0.1, 0.15) is 0 Å². The van der Waals surface area contributed by atoms with E-state index in [1.54, 1.807) is 6.07 Å². The Labute approximate surface area is 130 Å². The van der Waals surface area contributed by atoms with Crippen LogP contribution in [0.5, 0.6) is 11.5 Å². The smallest absolute Gasteiger partial charge is 0.163 e. The van der Waals surface area contributed by atoms with Crippen LogP contribution in [0.4, 0.5) is 0 Å². The number of hydrogen-bond acceptors (Lipinski definition) is 3. The van der Waals surface area contributed by atoms with E-state index >= 15 is 0 Å². The number of imidazole rings is 1. The van der Waals surface area contributed by atoms with E-state index in [0.717, 1.165) is 28.1 Å². The maximum Gasteiger partial charge on any atom is 0.163 e. The van der Waals surface area contributed by atoms with E-state index in [2.05, 4.69) is 9.97 Å². The highest BCUT2D eigenvalue weighted by molar-refractivity contribution is 6.35. The molecule has 21 heavy (non-hydrogen) atoms. The lowest BCUT2D eigenvalue weighted by Crippen LogP contribution is -2.15. The lowest BCUT2D eigenvalue weighted by atomic mass is 10.2. The van der Waals surface area contributed by atoms with E-state index in [1.807, 2.05) is 24.3 Å². The average Bonchev–Trinajstić information content (AvgIpc) is 2.86. The fourth-order valence-electron chi connectivity index (χ4n) is 2.37. The summed E-state index contributed by atoms with van der Waals surface area (Å²) in [6.07, 6.45) is 0. The highest BCUT2D eigenvalue weighted by atomic mass is 35.5. The molecule has 6 heteroatoms. The van der Waals surface area contributed by atoms with Crippen LogP contribution in [0.25, 0.3) is 22.4 Å². The molecule has 3 aromatic rings. The van der Waals surface area contributed by atoms with E-state index in [-0.39, 0.29) is 0 Å². The number of benzene rings is 2. The molecule has 1 aliphatic heterocycles. The SMILES string of the molecule is Clc1cc(Cl)cc(-c2nc3cc4c(cc3[nH]2)OCCO4)c1. The van der Waals surface area contributed by atoms with Gasteiger partial charge in [-0.05, 0) is 18.2 Å². The summed E-state index contributed by atoms with van der Waals surface area (Å²) >= 11 is 12.1. The first-order valence-corrected chi connectivity index (χ1v) is 7.20. The summed E-state index contributed by atoms with van der Waals surface area (Å²) in [4.78, 5) is 7.82. The van der Waals surface area contributed by atoms with Crippen LogP contribution < -0.4 is 9.47 Å². The Hall–Kier alpha value is -1.91. The van der Waals surface area contributed by atoms with Gasteiger partial charge in [0.05, 0.1) is 11.0 Å². The standard InChI is InChI=1S/C15H10Cl2N2O2/c16-9-3-8(4-10(17)5-9)15-18-11-6-13-14(7-12(11)19-15)21-2-1-20-13/h3-7H,1-2H2,(H,18,19). The van der Waals surface area contributed by atoms with Gasteiger partial charge in [-0.15, -0.1) is 0 Å². The zero-order valence-corrected chi connectivity index (χ0v) is 12.3. The van der Waals surface area contributed by atoms with Crippen molar-refractivity contribution in [3.8, 4) is 22.9 Å². The van der Waals surface area contributed by atoms with Crippen molar-refractivity contribution in [1.82, 2.24) is 9.97 Å². The Balaban J connectivity index is 1.86. The van der Waals surface area contributed by atoms with Crippen LogP contribution in [-0.4, -0.2) is 23.2 Å². The Morgan fingerprint density at radius 3 is 2.29 bits per heavy atom. The minimum Gasteiger partial charge on any atom is -0.486 e. The highest BCUT2D eigenvalue weighted by Crippen LogP contribution is 2.35. The van der Waals surface area contributed by atoms with Crippen LogP contribution in [-0.2, 0) is 0 Å². The third-order valence-corrected chi connectivity index (χ3v) is 3.72. The monoisotopic (exact) mass is 320 g/mol. The summed E-state index contributed by atoms with van der Waals surface area (Å²) < 4.78 is 11.1. The maximum absolute atomic E-state index is 6.04. The topological polar surface area (TPSA) is 47.1 Å². The number of halogens is 2. The lowest BCUT2D eigenvalue weighted by Gasteiger charge is -2.17. The van der Waals surface area contributed by atoms with Gasteiger partial charge in [0.25, 0.3) is 0 Å². The summed E-state index contributed by atoms with van der Waals surface area (Å²) in [7, 11) is 0. The zero-order valence-electron chi connectivity index (χ0n) is 10.8. The van der Waals surface area contributed by atoms with Crippen molar-refractivity contribution in [3.05, 3.63) is 40.4 Å². The molecule has 1 N–H and O–H groups in total. The van der Waals surface area contributed by atoms with Crippen LogP contribution in [0.2, 0.25) is 10.0 Å². The van der Waals surface area contributed by atoms with Crippen molar-refractivity contribution < 1.29 is 9.47 Å². The van der Waals surface area contributed by atoms with Gasteiger partial charge in [0.2, 0.25) is 0 Å². The summed E-state index contributed by atoms with van der Waals surface area (Å²) in [6.45, 7) is 1.11.